The van der Waals surface area contributed by atoms with E-state index in [-0.39, 0.29) is 18.2 Å². The number of rotatable bonds is 8. The highest BCUT2D eigenvalue weighted by Crippen LogP contribution is 2.32. The smallest absolute Gasteiger partial charge is 0.242 e. The number of hydrogen-bond acceptors (Lipinski definition) is 5. The van der Waals surface area contributed by atoms with Crippen LogP contribution in [0, 0.1) is 0 Å². The first-order valence-corrected chi connectivity index (χ1v) is 11.0. The first-order chi connectivity index (χ1) is 14.5. The second-order valence-electron chi connectivity index (χ2n) is 6.96. The molecule has 1 unspecified atom stereocenters. The Morgan fingerprint density at radius 2 is 1.90 bits per heavy atom. The molecule has 2 aromatic rings. The quantitative estimate of drug-likeness (QED) is 0.669. The van der Waals surface area contributed by atoms with E-state index in [1.807, 2.05) is 43.3 Å². The van der Waals surface area contributed by atoms with Crippen LogP contribution in [0.5, 0.6) is 5.75 Å². The average Bonchev–Trinajstić information content (AvgIpc) is 3.03. The van der Waals surface area contributed by atoms with Gasteiger partial charge < -0.3 is 10.1 Å². The van der Waals surface area contributed by atoms with Gasteiger partial charge in [0.15, 0.2) is 5.17 Å². The third-order valence-corrected chi connectivity index (χ3v) is 5.96. The van der Waals surface area contributed by atoms with Gasteiger partial charge in [0.1, 0.15) is 11.0 Å². The third-order valence-electron chi connectivity index (χ3n) is 4.79. The van der Waals surface area contributed by atoms with Gasteiger partial charge in [-0.2, -0.15) is 0 Å². The van der Waals surface area contributed by atoms with Gasteiger partial charge in [-0.25, -0.2) is 4.99 Å². The molecule has 1 saturated heterocycles. The molecule has 0 spiro atoms. The van der Waals surface area contributed by atoms with Crippen molar-refractivity contribution in [1.82, 2.24) is 4.90 Å². The number of amides is 2. The summed E-state index contributed by atoms with van der Waals surface area (Å²) in [6, 6.07) is 15.2. The van der Waals surface area contributed by atoms with Gasteiger partial charge in [-0.15, -0.1) is 0 Å². The zero-order chi connectivity index (χ0) is 21.5. The van der Waals surface area contributed by atoms with Crippen molar-refractivity contribution in [3.63, 3.8) is 0 Å². The molecule has 1 aliphatic rings. The van der Waals surface area contributed by atoms with Crippen LogP contribution in [0.1, 0.15) is 32.3 Å². The van der Waals surface area contributed by atoms with Gasteiger partial charge in [0, 0.05) is 13.0 Å². The van der Waals surface area contributed by atoms with E-state index in [0.29, 0.717) is 23.1 Å². The second kappa shape index (κ2) is 10.3. The second-order valence-corrected chi connectivity index (χ2v) is 8.13. The maximum absolute atomic E-state index is 12.9. The lowest BCUT2D eigenvalue weighted by Gasteiger charge is -2.15. The van der Waals surface area contributed by atoms with Crippen molar-refractivity contribution in [3.05, 3.63) is 54.1 Å². The largest absolute Gasteiger partial charge is 0.495 e. The van der Waals surface area contributed by atoms with Crippen molar-refractivity contribution in [1.29, 1.82) is 0 Å². The fourth-order valence-electron chi connectivity index (χ4n) is 3.19. The first-order valence-electron chi connectivity index (χ1n) is 10.1. The number of amidine groups is 1. The fourth-order valence-corrected chi connectivity index (χ4v) is 4.37. The number of nitrogens with zero attached hydrogens (tertiary/aromatic N) is 2. The van der Waals surface area contributed by atoms with Crippen LogP contribution in [-0.4, -0.2) is 40.8 Å². The van der Waals surface area contributed by atoms with E-state index in [9.17, 15) is 9.59 Å². The summed E-state index contributed by atoms with van der Waals surface area (Å²) in [7, 11) is 1.56. The van der Waals surface area contributed by atoms with Crippen molar-refractivity contribution in [3.8, 4) is 5.75 Å². The maximum Gasteiger partial charge on any atom is 0.242 e. The van der Waals surface area contributed by atoms with Crippen LogP contribution in [0.3, 0.4) is 0 Å². The van der Waals surface area contributed by atoms with E-state index < -0.39 is 5.25 Å². The van der Waals surface area contributed by atoms with Gasteiger partial charge in [-0.3, -0.25) is 14.5 Å². The van der Waals surface area contributed by atoms with Gasteiger partial charge >= 0.3 is 0 Å². The van der Waals surface area contributed by atoms with Crippen LogP contribution in [0.15, 0.2) is 53.5 Å². The van der Waals surface area contributed by atoms with Crippen LogP contribution in [0.4, 0.5) is 11.4 Å². The number of aliphatic imine (C=N–C) groups is 1. The van der Waals surface area contributed by atoms with E-state index in [1.165, 1.54) is 17.3 Å². The van der Waals surface area contributed by atoms with Crippen LogP contribution in [0.2, 0.25) is 0 Å². The molecule has 0 saturated carbocycles. The van der Waals surface area contributed by atoms with E-state index >= 15 is 0 Å². The fraction of sp³-hybridized carbons (Fsp3) is 0.348. The molecule has 1 fully saturated rings. The Morgan fingerprint density at radius 1 is 1.17 bits per heavy atom. The molecule has 30 heavy (non-hydrogen) atoms. The predicted octanol–water partition coefficient (Wildman–Crippen LogP) is 4.63. The molecule has 0 aliphatic carbocycles. The molecule has 0 aromatic heterocycles. The van der Waals surface area contributed by atoms with Crippen molar-refractivity contribution in [2.24, 2.45) is 4.99 Å². The Morgan fingerprint density at radius 3 is 2.57 bits per heavy atom. The summed E-state index contributed by atoms with van der Waals surface area (Å²) in [5.74, 6) is 0.290. The number of carbonyl (C=O) groups is 2. The van der Waals surface area contributed by atoms with Crippen LogP contribution >= 0.6 is 11.8 Å². The molecule has 1 heterocycles. The molecular formula is C23H27N3O3S. The number of thioether (sulfide) groups is 1. The number of benzene rings is 2. The van der Waals surface area contributed by atoms with Crippen molar-refractivity contribution in [2.45, 2.75) is 38.4 Å². The molecule has 2 aromatic carbocycles. The topological polar surface area (TPSA) is 71.0 Å². The Bertz CT molecular complexity index is 928. The van der Waals surface area contributed by atoms with Crippen molar-refractivity contribution in [2.75, 3.05) is 19.0 Å². The number of para-hydroxylation sites is 2. The average molecular weight is 426 g/mol. The highest BCUT2D eigenvalue weighted by molar-refractivity contribution is 8.15. The number of methoxy groups -OCH3 is 1. The molecule has 3 rings (SSSR count). The standard InChI is InChI=1S/C23H27N3O3S/c1-4-14-26-22(28)20(15-21(27)25-18-8-6-7-9-19(18)29-3)30-23(26)24-17-12-10-16(5-2)11-13-17/h6-13,20H,4-5,14-15H2,1-3H3,(H,25,27). The minimum absolute atomic E-state index is 0.0686. The van der Waals surface area contributed by atoms with Crippen molar-refractivity contribution < 1.29 is 14.3 Å². The van der Waals surface area contributed by atoms with Crippen LogP contribution < -0.4 is 10.1 Å². The van der Waals surface area contributed by atoms with Gasteiger partial charge in [0.25, 0.3) is 0 Å². The Labute approximate surface area is 181 Å². The zero-order valence-corrected chi connectivity index (χ0v) is 18.4. The molecule has 1 atom stereocenters. The summed E-state index contributed by atoms with van der Waals surface area (Å²) in [5, 5.41) is 3.01. The molecule has 1 aliphatic heterocycles. The Kier molecular flexibility index (Phi) is 7.52. The Hall–Kier alpha value is -2.80. The predicted molar refractivity (Wildman–Crippen MR) is 123 cm³/mol. The van der Waals surface area contributed by atoms with Crippen LogP contribution in [0.25, 0.3) is 0 Å². The first kappa shape index (κ1) is 21.9. The van der Waals surface area contributed by atoms with E-state index in [4.69, 9.17) is 4.74 Å². The number of hydrogen-bond donors (Lipinski definition) is 1. The summed E-state index contributed by atoms with van der Waals surface area (Å²) in [4.78, 5) is 31.9. The van der Waals surface area contributed by atoms with E-state index in [2.05, 4.69) is 17.2 Å². The van der Waals surface area contributed by atoms with Gasteiger partial charge in [-0.05, 0) is 42.7 Å². The molecule has 7 heteroatoms. The minimum Gasteiger partial charge on any atom is -0.495 e. The van der Waals surface area contributed by atoms with Gasteiger partial charge in [0.05, 0.1) is 18.5 Å². The third kappa shape index (κ3) is 5.21. The monoisotopic (exact) mass is 425 g/mol. The lowest BCUT2D eigenvalue weighted by molar-refractivity contribution is -0.128. The molecule has 0 radical (unpaired) electrons. The Balaban J connectivity index is 1.73. The number of anilines is 1. The van der Waals surface area contributed by atoms with Gasteiger partial charge in [-0.1, -0.05) is 49.9 Å². The normalized spacial score (nSPS) is 17.4. The SMILES string of the molecule is CCCN1C(=O)C(CC(=O)Nc2ccccc2OC)SC1=Nc1ccc(CC)cc1. The van der Waals surface area contributed by atoms with Crippen LogP contribution in [-0.2, 0) is 16.0 Å². The molecule has 2 amide bonds. The van der Waals surface area contributed by atoms with E-state index in [1.54, 1.807) is 24.1 Å². The number of carbonyl (C=O) groups excluding carboxylic acids is 2. The van der Waals surface area contributed by atoms with Gasteiger partial charge in [0.2, 0.25) is 11.8 Å². The molecule has 6 nitrogen and oxygen atoms in total. The summed E-state index contributed by atoms with van der Waals surface area (Å²) < 4.78 is 5.27. The summed E-state index contributed by atoms with van der Waals surface area (Å²) >= 11 is 1.35. The maximum atomic E-state index is 12.9. The zero-order valence-electron chi connectivity index (χ0n) is 17.6. The molecule has 158 valence electrons. The number of ether oxygens (including phenoxy) is 1. The van der Waals surface area contributed by atoms with Crippen molar-refractivity contribution >= 4 is 40.1 Å². The number of aryl methyl sites for hydroxylation is 1. The molecule has 1 N–H and O–H groups in total. The summed E-state index contributed by atoms with van der Waals surface area (Å²) in [6.07, 6.45) is 1.87. The van der Waals surface area contributed by atoms with E-state index in [0.717, 1.165) is 18.5 Å². The lowest BCUT2D eigenvalue weighted by Crippen LogP contribution is -2.34. The highest BCUT2D eigenvalue weighted by atomic mass is 32.2. The number of nitrogens with one attached hydrogen (secondary N) is 1. The molecular weight excluding hydrogens is 398 g/mol. The highest BCUT2D eigenvalue weighted by Gasteiger charge is 2.38. The summed E-state index contributed by atoms with van der Waals surface area (Å²) in [5.41, 5.74) is 2.64. The summed E-state index contributed by atoms with van der Waals surface area (Å²) in [6.45, 7) is 4.71. The molecule has 0 bridgehead atoms. The minimum atomic E-state index is -0.486. The lowest BCUT2D eigenvalue weighted by atomic mass is 10.2.